The molecule has 0 radical (unpaired) electrons. The number of rotatable bonds is 2. The summed E-state index contributed by atoms with van der Waals surface area (Å²) in [5.41, 5.74) is 0.782. The predicted octanol–water partition coefficient (Wildman–Crippen LogP) is 4.41. The minimum absolute atomic E-state index is 0.342. The van der Waals surface area contributed by atoms with E-state index < -0.39 is 0 Å². The monoisotopic (exact) mass is 324 g/mol. The van der Waals surface area contributed by atoms with Crippen molar-refractivity contribution in [3.8, 4) is 23.0 Å². The second-order valence-corrected chi connectivity index (χ2v) is 4.79. The van der Waals surface area contributed by atoms with E-state index in [0.29, 0.717) is 22.5 Å². The largest absolute Gasteiger partial charge is 0.459 e. The quantitative estimate of drug-likeness (QED) is 0.700. The third-order valence-electron chi connectivity index (χ3n) is 2.34. The fourth-order valence-electron chi connectivity index (χ4n) is 1.48. The van der Waals surface area contributed by atoms with Gasteiger partial charge in [-0.1, -0.05) is 16.8 Å². The first-order valence-corrected chi connectivity index (χ1v) is 6.24. The zero-order chi connectivity index (χ0) is 12.5. The highest BCUT2D eigenvalue weighted by molar-refractivity contribution is 9.10. The van der Waals surface area contributed by atoms with E-state index >= 15 is 0 Å². The topological polar surface area (TPSA) is 52.1 Å². The highest BCUT2D eigenvalue weighted by Gasteiger charge is 2.13. The molecule has 2 heterocycles. The van der Waals surface area contributed by atoms with Crippen molar-refractivity contribution in [1.82, 2.24) is 10.1 Å². The van der Waals surface area contributed by atoms with Crippen molar-refractivity contribution in [3.05, 3.63) is 46.1 Å². The molecule has 90 valence electrons. The van der Waals surface area contributed by atoms with Crippen LogP contribution in [-0.2, 0) is 0 Å². The minimum Gasteiger partial charge on any atom is -0.459 e. The van der Waals surface area contributed by atoms with Crippen LogP contribution in [0.2, 0.25) is 5.02 Å². The molecule has 6 heteroatoms. The third-order valence-corrected chi connectivity index (χ3v) is 3.57. The van der Waals surface area contributed by atoms with Crippen LogP contribution < -0.4 is 0 Å². The van der Waals surface area contributed by atoms with Crippen molar-refractivity contribution < 1.29 is 8.94 Å². The summed E-state index contributed by atoms with van der Waals surface area (Å²) < 4.78 is 11.1. The standard InChI is InChI=1S/C12H6BrClN2O2/c13-8-4-3-7(6-9(8)14)11-15-12(18-16-11)10-2-1-5-17-10/h1-6H. The number of hydrogen-bond donors (Lipinski definition) is 0. The summed E-state index contributed by atoms with van der Waals surface area (Å²) >= 11 is 9.35. The summed E-state index contributed by atoms with van der Waals surface area (Å²) in [5.74, 6) is 1.35. The molecule has 0 saturated heterocycles. The van der Waals surface area contributed by atoms with Crippen LogP contribution in [0.5, 0.6) is 0 Å². The zero-order valence-electron chi connectivity index (χ0n) is 8.93. The summed E-state index contributed by atoms with van der Waals surface area (Å²) in [4.78, 5) is 4.25. The molecule has 0 saturated carbocycles. The molecule has 0 fully saturated rings. The van der Waals surface area contributed by atoms with Gasteiger partial charge in [0.05, 0.1) is 11.3 Å². The van der Waals surface area contributed by atoms with Gasteiger partial charge in [0.15, 0.2) is 5.76 Å². The number of hydrogen-bond acceptors (Lipinski definition) is 4. The Morgan fingerprint density at radius 1 is 1.22 bits per heavy atom. The lowest BCUT2D eigenvalue weighted by Crippen LogP contribution is -1.81. The van der Waals surface area contributed by atoms with Crippen molar-refractivity contribution in [2.45, 2.75) is 0 Å². The highest BCUT2D eigenvalue weighted by Crippen LogP contribution is 2.28. The predicted molar refractivity (Wildman–Crippen MR) is 70.1 cm³/mol. The van der Waals surface area contributed by atoms with Gasteiger partial charge in [-0.3, -0.25) is 0 Å². The second-order valence-electron chi connectivity index (χ2n) is 3.53. The molecule has 0 amide bonds. The van der Waals surface area contributed by atoms with Crippen LogP contribution in [0.1, 0.15) is 0 Å². The van der Waals surface area contributed by atoms with Crippen molar-refractivity contribution in [2.24, 2.45) is 0 Å². The summed E-state index contributed by atoms with van der Waals surface area (Å²) in [6.45, 7) is 0. The average molecular weight is 326 g/mol. The normalized spacial score (nSPS) is 10.8. The van der Waals surface area contributed by atoms with Crippen molar-refractivity contribution >= 4 is 27.5 Å². The second kappa shape index (κ2) is 4.59. The molecular formula is C12H6BrClN2O2. The lowest BCUT2D eigenvalue weighted by molar-refractivity contribution is 0.417. The summed E-state index contributed by atoms with van der Waals surface area (Å²) in [7, 11) is 0. The van der Waals surface area contributed by atoms with E-state index in [9.17, 15) is 0 Å². The van der Waals surface area contributed by atoms with Gasteiger partial charge >= 0.3 is 0 Å². The fraction of sp³-hybridized carbons (Fsp3) is 0. The molecule has 1 aromatic carbocycles. The van der Waals surface area contributed by atoms with Crippen molar-refractivity contribution in [3.63, 3.8) is 0 Å². The molecule has 0 atom stereocenters. The summed E-state index contributed by atoms with van der Waals surface area (Å²) in [6.07, 6.45) is 1.55. The molecule has 4 nitrogen and oxygen atoms in total. The maximum atomic E-state index is 6.02. The Balaban J connectivity index is 2.00. The molecule has 3 aromatic rings. The van der Waals surface area contributed by atoms with Gasteiger partial charge in [-0.2, -0.15) is 4.98 Å². The molecule has 0 unspecified atom stereocenters. The first-order valence-electron chi connectivity index (χ1n) is 5.07. The molecule has 2 aromatic heterocycles. The molecule has 0 aliphatic carbocycles. The number of halogens is 2. The average Bonchev–Trinajstić information content (AvgIpc) is 3.01. The number of benzene rings is 1. The smallest absolute Gasteiger partial charge is 0.293 e. The first-order chi connectivity index (χ1) is 8.74. The van der Waals surface area contributed by atoms with Crippen LogP contribution in [0, 0.1) is 0 Å². The Kier molecular flexibility index (Phi) is 2.93. The van der Waals surface area contributed by atoms with Gasteiger partial charge in [0.1, 0.15) is 0 Å². The van der Waals surface area contributed by atoms with Crippen LogP contribution in [0.25, 0.3) is 23.0 Å². The minimum atomic E-state index is 0.342. The maximum Gasteiger partial charge on any atom is 0.293 e. The van der Waals surface area contributed by atoms with Crippen LogP contribution in [0.4, 0.5) is 0 Å². The van der Waals surface area contributed by atoms with Crippen LogP contribution in [0.15, 0.2) is 50.0 Å². The van der Waals surface area contributed by atoms with Crippen LogP contribution in [-0.4, -0.2) is 10.1 Å². The Morgan fingerprint density at radius 3 is 2.83 bits per heavy atom. The number of nitrogens with zero attached hydrogens (tertiary/aromatic N) is 2. The van der Waals surface area contributed by atoms with E-state index in [4.69, 9.17) is 20.5 Å². The number of aromatic nitrogens is 2. The molecular weight excluding hydrogens is 320 g/mol. The Bertz CT molecular complexity index is 679. The third kappa shape index (κ3) is 2.07. The summed E-state index contributed by atoms with van der Waals surface area (Å²) in [6, 6.07) is 8.97. The first kappa shape index (κ1) is 11.5. The maximum absolute atomic E-state index is 6.02. The van der Waals surface area contributed by atoms with Crippen LogP contribution >= 0.6 is 27.5 Å². The van der Waals surface area contributed by atoms with E-state index in [2.05, 4.69) is 26.1 Å². The molecule has 0 aliphatic heterocycles. The number of furan rings is 1. The molecule has 0 N–H and O–H groups in total. The molecule has 0 aliphatic rings. The van der Waals surface area contributed by atoms with Gasteiger partial charge in [-0.05, 0) is 46.3 Å². The lowest BCUT2D eigenvalue weighted by Gasteiger charge is -1.97. The van der Waals surface area contributed by atoms with Crippen LogP contribution in [0.3, 0.4) is 0 Å². The summed E-state index contributed by atoms with van der Waals surface area (Å²) in [5, 5.41) is 4.49. The van der Waals surface area contributed by atoms with Gasteiger partial charge < -0.3 is 8.94 Å². The van der Waals surface area contributed by atoms with E-state index in [1.165, 1.54) is 0 Å². The van der Waals surface area contributed by atoms with Gasteiger partial charge in [0, 0.05) is 10.0 Å². The SMILES string of the molecule is Clc1cc(-c2noc(-c3ccco3)n2)ccc1Br. The van der Waals surface area contributed by atoms with Gasteiger partial charge in [-0.25, -0.2) is 0 Å². The van der Waals surface area contributed by atoms with Crippen molar-refractivity contribution in [1.29, 1.82) is 0 Å². The molecule has 0 bridgehead atoms. The lowest BCUT2D eigenvalue weighted by atomic mass is 10.2. The van der Waals surface area contributed by atoms with E-state index in [0.717, 1.165) is 10.0 Å². The van der Waals surface area contributed by atoms with Gasteiger partial charge in [-0.15, -0.1) is 0 Å². The van der Waals surface area contributed by atoms with Crippen molar-refractivity contribution in [2.75, 3.05) is 0 Å². The zero-order valence-corrected chi connectivity index (χ0v) is 11.3. The van der Waals surface area contributed by atoms with E-state index in [1.807, 2.05) is 12.1 Å². The van der Waals surface area contributed by atoms with E-state index in [-0.39, 0.29) is 0 Å². The van der Waals surface area contributed by atoms with Gasteiger partial charge in [0.25, 0.3) is 5.89 Å². The molecule has 18 heavy (non-hydrogen) atoms. The Labute approximate surface area is 116 Å². The highest BCUT2D eigenvalue weighted by atomic mass is 79.9. The van der Waals surface area contributed by atoms with Gasteiger partial charge in [0.2, 0.25) is 5.82 Å². The van der Waals surface area contributed by atoms with E-state index in [1.54, 1.807) is 24.5 Å². The Morgan fingerprint density at radius 2 is 2.11 bits per heavy atom. The molecule has 0 spiro atoms. The Hall–Kier alpha value is -1.59. The molecule has 3 rings (SSSR count). The fourth-order valence-corrected chi connectivity index (χ4v) is 1.90.